The lowest BCUT2D eigenvalue weighted by molar-refractivity contribution is 0.0628. The Balaban J connectivity index is 3.19. The molecule has 17 heavy (non-hydrogen) atoms. The van der Waals surface area contributed by atoms with Gasteiger partial charge < -0.3 is 10.0 Å². The van der Waals surface area contributed by atoms with Crippen LogP contribution >= 0.6 is 0 Å². The molecule has 0 bridgehead atoms. The van der Waals surface area contributed by atoms with Gasteiger partial charge in [-0.15, -0.1) is 0 Å². The third-order valence-corrected chi connectivity index (χ3v) is 2.44. The highest BCUT2D eigenvalue weighted by molar-refractivity contribution is 5.96. The molecule has 0 fully saturated rings. The van der Waals surface area contributed by atoms with E-state index < -0.39 is 0 Å². The first kappa shape index (κ1) is 13.0. The Morgan fingerprint density at radius 3 is 2.88 bits per heavy atom. The topological polar surface area (TPSA) is 89.3 Å². The quantitative estimate of drug-likeness (QED) is 0.372. The van der Waals surface area contributed by atoms with Gasteiger partial charge in [-0.3, -0.25) is 4.79 Å². The number of hydrogen-bond donors (Lipinski definition) is 1. The molecular formula is C11H14N4O2. The van der Waals surface area contributed by atoms with Gasteiger partial charge in [-0.25, -0.2) is 0 Å². The van der Waals surface area contributed by atoms with Crippen molar-refractivity contribution in [1.29, 1.82) is 0 Å². The second kappa shape index (κ2) is 5.89. The minimum Gasteiger partial charge on any atom is -0.376 e. The third-order valence-electron chi connectivity index (χ3n) is 2.44. The largest absolute Gasteiger partial charge is 0.376 e. The minimum atomic E-state index is -0.353. The van der Waals surface area contributed by atoms with Crippen molar-refractivity contribution in [3.63, 3.8) is 0 Å². The van der Waals surface area contributed by atoms with Crippen LogP contribution in [0.1, 0.15) is 21.5 Å². The molecule has 1 rings (SSSR count). The van der Waals surface area contributed by atoms with E-state index in [-0.39, 0.29) is 19.2 Å². The number of carbonyl (C=O) groups excluding carboxylic acids is 1. The van der Waals surface area contributed by atoms with Crippen LogP contribution in [-0.4, -0.2) is 29.7 Å². The van der Waals surface area contributed by atoms with Crippen molar-refractivity contribution in [1.82, 2.24) is 4.90 Å². The summed E-state index contributed by atoms with van der Waals surface area (Å²) in [6, 6.07) is 5.34. The molecule has 6 heteroatoms. The van der Waals surface area contributed by atoms with Crippen LogP contribution in [0.5, 0.6) is 0 Å². The van der Waals surface area contributed by atoms with E-state index in [9.17, 15) is 4.79 Å². The summed E-state index contributed by atoms with van der Waals surface area (Å²) in [6.45, 7) is 1.57. The average Bonchev–Trinajstić information content (AvgIpc) is 2.34. The van der Waals surface area contributed by atoms with E-state index in [1.807, 2.05) is 0 Å². The standard InChI is InChI=1S/C11H14N4O2/c1-8-4-3-5-9(6-13-14-12)10(8)11(17)15(2)7-16/h3-5,16H,6-7H2,1-2H3. The molecule has 0 aliphatic rings. The number of hydrogen-bond acceptors (Lipinski definition) is 3. The van der Waals surface area contributed by atoms with Gasteiger partial charge in [0.2, 0.25) is 0 Å². The van der Waals surface area contributed by atoms with E-state index in [0.717, 1.165) is 5.56 Å². The van der Waals surface area contributed by atoms with E-state index in [0.29, 0.717) is 11.1 Å². The molecule has 0 unspecified atom stereocenters. The summed E-state index contributed by atoms with van der Waals surface area (Å²) < 4.78 is 0. The van der Waals surface area contributed by atoms with Crippen LogP contribution < -0.4 is 0 Å². The van der Waals surface area contributed by atoms with Crippen LogP contribution in [0.4, 0.5) is 0 Å². The van der Waals surface area contributed by atoms with Crippen LogP contribution in [0.15, 0.2) is 23.3 Å². The molecular weight excluding hydrogens is 220 g/mol. The molecule has 0 radical (unpaired) electrons. The molecule has 1 N–H and O–H groups in total. The van der Waals surface area contributed by atoms with Gasteiger partial charge in [-0.2, -0.15) is 0 Å². The molecule has 90 valence electrons. The maximum atomic E-state index is 12.0. The number of nitrogens with zero attached hydrogens (tertiary/aromatic N) is 4. The first-order valence-electron chi connectivity index (χ1n) is 5.07. The first-order valence-corrected chi connectivity index (χ1v) is 5.07. The van der Waals surface area contributed by atoms with Crippen LogP contribution in [0.2, 0.25) is 0 Å². The summed E-state index contributed by atoms with van der Waals surface area (Å²) in [7, 11) is 1.51. The Kier molecular flexibility index (Phi) is 4.51. The van der Waals surface area contributed by atoms with E-state index in [2.05, 4.69) is 10.0 Å². The minimum absolute atomic E-state index is 0.124. The summed E-state index contributed by atoms with van der Waals surface area (Å²) >= 11 is 0. The van der Waals surface area contributed by atoms with Crippen molar-refractivity contribution in [3.05, 3.63) is 45.3 Å². The summed E-state index contributed by atoms with van der Waals surface area (Å²) in [5, 5.41) is 12.4. The third kappa shape index (κ3) is 2.96. The zero-order valence-corrected chi connectivity index (χ0v) is 9.79. The molecule has 1 aromatic rings. The molecule has 0 spiro atoms. The fraction of sp³-hybridized carbons (Fsp3) is 0.364. The fourth-order valence-corrected chi connectivity index (χ4v) is 1.53. The predicted molar refractivity (Wildman–Crippen MR) is 63.2 cm³/mol. The van der Waals surface area contributed by atoms with Crippen LogP contribution in [0.25, 0.3) is 10.4 Å². The molecule has 0 saturated carbocycles. The lowest BCUT2D eigenvalue weighted by Gasteiger charge is -2.17. The van der Waals surface area contributed by atoms with Crippen molar-refractivity contribution in [2.24, 2.45) is 5.11 Å². The molecule has 1 aromatic carbocycles. The Labute approximate surface area is 99.1 Å². The van der Waals surface area contributed by atoms with E-state index >= 15 is 0 Å². The zero-order chi connectivity index (χ0) is 12.8. The number of benzene rings is 1. The summed E-state index contributed by atoms with van der Waals surface area (Å²) in [5.74, 6) is -0.284. The number of aryl methyl sites for hydroxylation is 1. The van der Waals surface area contributed by atoms with Gasteiger partial charge >= 0.3 is 0 Å². The molecule has 6 nitrogen and oxygen atoms in total. The van der Waals surface area contributed by atoms with E-state index in [1.54, 1.807) is 25.1 Å². The second-order valence-electron chi connectivity index (χ2n) is 3.64. The highest BCUT2D eigenvalue weighted by atomic mass is 16.3. The number of rotatable bonds is 4. The lowest BCUT2D eigenvalue weighted by Crippen LogP contribution is -2.29. The van der Waals surface area contributed by atoms with Gasteiger partial charge in [-0.1, -0.05) is 23.3 Å². The van der Waals surface area contributed by atoms with Crippen molar-refractivity contribution in [3.8, 4) is 0 Å². The van der Waals surface area contributed by atoms with Crippen molar-refractivity contribution in [2.45, 2.75) is 13.5 Å². The van der Waals surface area contributed by atoms with E-state index in [1.165, 1.54) is 11.9 Å². The Morgan fingerprint density at radius 2 is 2.29 bits per heavy atom. The Morgan fingerprint density at radius 1 is 1.59 bits per heavy atom. The van der Waals surface area contributed by atoms with Crippen LogP contribution in [0.3, 0.4) is 0 Å². The maximum absolute atomic E-state index is 12.0. The summed E-state index contributed by atoms with van der Waals surface area (Å²) in [6.07, 6.45) is 0. The number of aliphatic hydroxyl groups excluding tert-OH is 1. The molecule has 0 aromatic heterocycles. The van der Waals surface area contributed by atoms with Crippen LogP contribution in [-0.2, 0) is 6.54 Å². The smallest absolute Gasteiger partial charge is 0.255 e. The number of azide groups is 1. The van der Waals surface area contributed by atoms with Gasteiger partial charge in [0.25, 0.3) is 5.91 Å². The SMILES string of the molecule is Cc1cccc(CN=[N+]=[N-])c1C(=O)N(C)CO. The van der Waals surface area contributed by atoms with Gasteiger partial charge in [0.1, 0.15) is 6.73 Å². The number of carbonyl (C=O) groups is 1. The monoisotopic (exact) mass is 234 g/mol. The molecule has 0 heterocycles. The maximum Gasteiger partial charge on any atom is 0.255 e. The highest BCUT2D eigenvalue weighted by Crippen LogP contribution is 2.17. The number of aliphatic hydroxyl groups is 1. The molecule has 0 atom stereocenters. The zero-order valence-electron chi connectivity index (χ0n) is 9.79. The van der Waals surface area contributed by atoms with Gasteiger partial charge in [0.05, 0.1) is 6.54 Å². The predicted octanol–water partition coefficient (Wildman–Crippen LogP) is 1.83. The highest BCUT2D eigenvalue weighted by Gasteiger charge is 2.16. The molecule has 0 aliphatic heterocycles. The molecule has 1 amide bonds. The van der Waals surface area contributed by atoms with E-state index in [4.69, 9.17) is 10.6 Å². The summed E-state index contributed by atoms with van der Waals surface area (Å²) in [4.78, 5) is 15.9. The van der Waals surface area contributed by atoms with Gasteiger partial charge in [0, 0.05) is 17.5 Å². The second-order valence-corrected chi connectivity index (χ2v) is 3.64. The molecule has 0 aliphatic carbocycles. The lowest BCUT2D eigenvalue weighted by atomic mass is 10.0. The first-order chi connectivity index (χ1) is 8.11. The fourth-order valence-electron chi connectivity index (χ4n) is 1.53. The average molecular weight is 234 g/mol. The van der Waals surface area contributed by atoms with Crippen LogP contribution in [0, 0.1) is 6.92 Å². The summed E-state index contributed by atoms with van der Waals surface area (Å²) in [5.41, 5.74) is 10.2. The van der Waals surface area contributed by atoms with Gasteiger partial charge in [-0.05, 0) is 23.6 Å². The van der Waals surface area contributed by atoms with Crippen molar-refractivity contribution < 1.29 is 9.90 Å². The normalized spacial score (nSPS) is 9.59. The Bertz CT molecular complexity index is 467. The Hall–Kier alpha value is -2.04. The number of amides is 1. The van der Waals surface area contributed by atoms with Crippen molar-refractivity contribution >= 4 is 5.91 Å². The van der Waals surface area contributed by atoms with Crippen molar-refractivity contribution in [2.75, 3.05) is 13.8 Å². The molecule has 0 saturated heterocycles. The van der Waals surface area contributed by atoms with Gasteiger partial charge in [0.15, 0.2) is 0 Å².